The molecule has 3 rings (SSSR count). The van der Waals surface area contributed by atoms with Crippen molar-refractivity contribution in [3.63, 3.8) is 0 Å². The third-order valence-corrected chi connectivity index (χ3v) is 5.02. The number of rotatable bonds is 4. The molecule has 0 aliphatic carbocycles. The van der Waals surface area contributed by atoms with Gasteiger partial charge in [-0.1, -0.05) is 0 Å². The van der Waals surface area contributed by atoms with Gasteiger partial charge >= 0.3 is 5.97 Å². The van der Waals surface area contributed by atoms with Gasteiger partial charge in [0.05, 0.1) is 18.4 Å². The van der Waals surface area contributed by atoms with Crippen LogP contribution in [0, 0.1) is 13.8 Å². The lowest BCUT2D eigenvalue weighted by Gasteiger charge is -2.07. The molecule has 0 unspecified atom stereocenters. The molecule has 0 spiro atoms. The van der Waals surface area contributed by atoms with Crippen LogP contribution in [-0.4, -0.2) is 28.8 Å². The molecule has 3 aromatic rings. The quantitative estimate of drug-likeness (QED) is 0.726. The van der Waals surface area contributed by atoms with E-state index in [4.69, 9.17) is 4.74 Å². The third kappa shape index (κ3) is 3.32. The van der Waals surface area contributed by atoms with Crippen molar-refractivity contribution in [1.29, 1.82) is 0 Å². The van der Waals surface area contributed by atoms with E-state index in [1.165, 1.54) is 18.4 Å². The number of aryl methyl sites for hydroxylation is 1. The summed E-state index contributed by atoms with van der Waals surface area (Å²) in [5, 5.41) is 7.47. The second-order valence-electron chi connectivity index (χ2n) is 5.43. The van der Waals surface area contributed by atoms with E-state index in [1.807, 2.05) is 38.2 Å². The summed E-state index contributed by atoms with van der Waals surface area (Å²) < 4.78 is 6.53. The highest BCUT2D eigenvalue weighted by molar-refractivity contribution is 7.16. The number of amides is 1. The lowest BCUT2D eigenvalue weighted by atomic mass is 10.1. The molecular weight excluding hydrogens is 338 g/mol. The van der Waals surface area contributed by atoms with Crippen LogP contribution in [0.4, 0.5) is 5.00 Å². The van der Waals surface area contributed by atoms with Gasteiger partial charge in [0.25, 0.3) is 5.91 Å². The summed E-state index contributed by atoms with van der Waals surface area (Å²) in [6.45, 7) is 3.74. The Labute approximate surface area is 149 Å². The van der Waals surface area contributed by atoms with Gasteiger partial charge in [-0.15, -0.1) is 11.3 Å². The van der Waals surface area contributed by atoms with E-state index in [2.05, 4.69) is 10.4 Å². The number of hydrogen-bond donors (Lipinski definition) is 1. The van der Waals surface area contributed by atoms with Crippen LogP contribution in [-0.2, 0) is 4.74 Å². The van der Waals surface area contributed by atoms with E-state index < -0.39 is 5.97 Å². The van der Waals surface area contributed by atoms with Gasteiger partial charge in [-0.05, 0) is 49.7 Å². The Morgan fingerprint density at radius 1 is 1.20 bits per heavy atom. The average Bonchev–Trinajstić information content (AvgIpc) is 3.24. The molecule has 0 bridgehead atoms. The Bertz CT molecular complexity index is 912. The molecule has 7 heteroatoms. The standard InChI is InChI=1S/C18H17N3O3S/c1-11-12(2)25-17(15(11)18(23)24-3)20-16(22)13-5-7-14(8-6-13)21-10-4-9-19-21/h4-10H,1-3H3,(H,20,22). The fourth-order valence-electron chi connectivity index (χ4n) is 2.43. The number of hydrogen-bond acceptors (Lipinski definition) is 5. The Kier molecular flexibility index (Phi) is 4.67. The molecule has 25 heavy (non-hydrogen) atoms. The van der Waals surface area contributed by atoms with Crippen LogP contribution >= 0.6 is 11.3 Å². The van der Waals surface area contributed by atoms with E-state index in [0.29, 0.717) is 16.1 Å². The highest BCUT2D eigenvalue weighted by Crippen LogP contribution is 2.33. The largest absolute Gasteiger partial charge is 0.465 e. The molecular formula is C18H17N3O3S. The zero-order valence-corrected chi connectivity index (χ0v) is 14.9. The van der Waals surface area contributed by atoms with E-state index >= 15 is 0 Å². The molecule has 0 aliphatic heterocycles. The van der Waals surface area contributed by atoms with Crippen molar-refractivity contribution in [1.82, 2.24) is 9.78 Å². The highest BCUT2D eigenvalue weighted by atomic mass is 32.1. The number of benzene rings is 1. The number of thiophene rings is 1. The van der Waals surface area contributed by atoms with E-state index in [0.717, 1.165) is 16.1 Å². The lowest BCUT2D eigenvalue weighted by Crippen LogP contribution is -2.14. The predicted octanol–water partition coefficient (Wildman–Crippen LogP) is 3.59. The molecule has 6 nitrogen and oxygen atoms in total. The number of esters is 1. The first-order valence-corrected chi connectivity index (χ1v) is 8.42. The fraction of sp³-hybridized carbons (Fsp3) is 0.167. The second-order valence-corrected chi connectivity index (χ2v) is 6.66. The summed E-state index contributed by atoms with van der Waals surface area (Å²) in [4.78, 5) is 25.5. The van der Waals surface area contributed by atoms with Gasteiger partial charge in [0, 0.05) is 22.8 Å². The van der Waals surface area contributed by atoms with Crippen molar-refractivity contribution in [3.05, 3.63) is 64.3 Å². The Morgan fingerprint density at radius 3 is 2.52 bits per heavy atom. The van der Waals surface area contributed by atoms with Crippen LogP contribution in [0.15, 0.2) is 42.7 Å². The number of ether oxygens (including phenoxy) is 1. The van der Waals surface area contributed by atoms with Crippen molar-refractivity contribution in [2.45, 2.75) is 13.8 Å². The Hall–Kier alpha value is -2.93. The van der Waals surface area contributed by atoms with Crippen LogP contribution < -0.4 is 5.32 Å². The van der Waals surface area contributed by atoms with Crippen molar-refractivity contribution in [2.24, 2.45) is 0 Å². The van der Waals surface area contributed by atoms with Gasteiger partial charge in [0.1, 0.15) is 5.00 Å². The van der Waals surface area contributed by atoms with Gasteiger partial charge in [0.2, 0.25) is 0 Å². The lowest BCUT2D eigenvalue weighted by molar-refractivity contribution is 0.0601. The molecule has 0 aliphatic rings. The van der Waals surface area contributed by atoms with Crippen molar-refractivity contribution in [3.8, 4) is 5.69 Å². The monoisotopic (exact) mass is 355 g/mol. The molecule has 1 N–H and O–H groups in total. The van der Waals surface area contributed by atoms with Gasteiger partial charge < -0.3 is 10.1 Å². The average molecular weight is 355 g/mol. The minimum absolute atomic E-state index is 0.279. The maximum absolute atomic E-state index is 12.5. The van der Waals surface area contributed by atoms with Crippen LogP contribution in [0.2, 0.25) is 0 Å². The summed E-state index contributed by atoms with van der Waals surface area (Å²) in [6, 6.07) is 8.90. The van der Waals surface area contributed by atoms with Crippen LogP contribution in [0.1, 0.15) is 31.2 Å². The minimum Gasteiger partial charge on any atom is -0.465 e. The molecule has 1 aromatic carbocycles. The first-order valence-electron chi connectivity index (χ1n) is 7.61. The van der Waals surface area contributed by atoms with Crippen molar-refractivity contribution >= 4 is 28.2 Å². The molecule has 0 radical (unpaired) electrons. The van der Waals surface area contributed by atoms with Crippen molar-refractivity contribution in [2.75, 3.05) is 12.4 Å². The predicted molar refractivity (Wildman–Crippen MR) is 96.6 cm³/mol. The summed E-state index contributed by atoms with van der Waals surface area (Å²) in [7, 11) is 1.33. The fourth-order valence-corrected chi connectivity index (χ4v) is 3.47. The number of methoxy groups -OCH3 is 1. The zero-order chi connectivity index (χ0) is 18.0. The van der Waals surface area contributed by atoms with E-state index in [9.17, 15) is 9.59 Å². The molecule has 2 heterocycles. The molecule has 1 amide bonds. The molecule has 0 atom stereocenters. The van der Waals surface area contributed by atoms with E-state index in [1.54, 1.807) is 23.0 Å². The maximum Gasteiger partial charge on any atom is 0.341 e. The first-order chi connectivity index (χ1) is 12.0. The third-order valence-electron chi connectivity index (χ3n) is 3.90. The summed E-state index contributed by atoms with van der Waals surface area (Å²) >= 11 is 1.36. The van der Waals surface area contributed by atoms with Gasteiger partial charge in [0.15, 0.2) is 0 Å². The van der Waals surface area contributed by atoms with Crippen LogP contribution in [0.25, 0.3) is 5.69 Å². The normalized spacial score (nSPS) is 10.5. The zero-order valence-electron chi connectivity index (χ0n) is 14.1. The smallest absolute Gasteiger partial charge is 0.341 e. The summed E-state index contributed by atoms with van der Waals surface area (Å²) in [6.07, 6.45) is 3.52. The SMILES string of the molecule is COC(=O)c1c(NC(=O)c2ccc(-n3cccn3)cc2)sc(C)c1C. The minimum atomic E-state index is -0.453. The number of carbonyl (C=O) groups excluding carboxylic acids is 2. The second kappa shape index (κ2) is 6.90. The topological polar surface area (TPSA) is 73.2 Å². The summed E-state index contributed by atoms with van der Waals surface area (Å²) in [5.74, 6) is -0.732. The number of nitrogens with zero attached hydrogens (tertiary/aromatic N) is 2. The molecule has 2 aromatic heterocycles. The Morgan fingerprint density at radius 2 is 1.92 bits per heavy atom. The Balaban J connectivity index is 1.83. The maximum atomic E-state index is 12.5. The summed E-state index contributed by atoms with van der Waals surface area (Å²) in [5.41, 5.74) is 2.59. The molecule has 128 valence electrons. The van der Waals surface area contributed by atoms with Crippen LogP contribution in [0.3, 0.4) is 0 Å². The number of anilines is 1. The first kappa shape index (κ1) is 16.9. The van der Waals surface area contributed by atoms with Crippen LogP contribution in [0.5, 0.6) is 0 Å². The number of nitrogens with one attached hydrogen (secondary N) is 1. The van der Waals surface area contributed by atoms with Crippen molar-refractivity contribution < 1.29 is 14.3 Å². The van der Waals surface area contributed by atoms with Gasteiger partial charge in [-0.2, -0.15) is 5.10 Å². The van der Waals surface area contributed by atoms with Gasteiger partial charge in [-0.25, -0.2) is 9.48 Å². The number of aromatic nitrogens is 2. The number of carbonyl (C=O) groups is 2. The van der Waals surface area contributed by atoms with Gasteiger partial charge in [-0.3, -0.25) is 4.79 Å². The molecule has 0 saturated heterocycles. The highest BCUT2D eigenvalue weighted by Gasteiger charge is 2.21. The molecule has 0 saturated carbocycles. The van der Waals surface area contributed by atoms with E-state index in [-0.39, 0.29) is 5.91 Å². The molecule has 0 fully saturated rings.